The van der Waals surface area contributed by atoms with Crippen LogP contribution in [0.3, 0.4) is 0 Å². The van der Waals surface area contributed by atoms with E-state index in [0.29, 0.717) is 31.7 Å². The Kier molecular flexibility index (Phi) is 6.61. The third-order valence-corrected chi connectivity index (χ3v) is 8.35. The average Bonchev–Trinajstić information content (AvgIpc) is 2.58. The molecule has 1 aliphatic heterocycles. The second-order valence-corrected chi connectivity index (χ2v) is 10.2. The quantitative estimate of drug-likeness (QED) is 0.736. The van der Waals surface area contributed by atoms with Gasteiger partial charge in [-0.1, -0.05) is 19.1 Å². The highest BCUT2D eigenvalue weighted by Gasteiger charge is 2.29. The Morgan fingerprint density at radius 2 is 1.76 bits per heavy atom. The zero-order valence-corrected chi connectivity index (χ0v) is 16.7. The molecule has 1 saturated heterocycles. The van der Waals surface area contributed by atoms with E-state index in [4.69, 9.17) is 0 Å². The van der Waals surface area contributed by atoms with E-state index < -0.39 is 20.0 Å². The Morgan fingerprint density at radius 1 is 1.12 bits per heavy atom. The molecule has 1 N–H and O–H groups in total. The summed E-state index contributed by atoms with van der Waals surface area (Å²) in [6.07, 6.45) is 0. The summed E-state index contributed by atoms with van der Waals surface area (Å²) >= 11 is 0. The molecule has 2 rings (SSSR count). The molecule has 142 valence electrons. The van der Waals surface area contributed by atoms with Gasteiger partial charge in [0.05, 0.1) is 10.6 Å². The number of hydrogen-bond acceptors (Lipinski definition) is 5. The van der Waals surface area contributed by atoms with Crippen LogP contribution in [0.4, 0.5) is 0 Å². The summed E-state index contributed by atoms with van der Waals surface area (Å²) in [6.45, 7) is 7.60. The van der Waals surface area contributed by atoms with Crippen molar-refractivity contribution in [2.24, 2.45) is 0 Å². The molecule has 1 aromatic carbocycles. The van der Waals surface area contributed by atoms with Crippen LogP contribution in [0.5, 0.6) is 0 Å². The van der Waals surface area contributed by atoms with Gasteiger partial charge in [0.25, 0.3) is 0 Å². The highest BCUT2D eigenvalue weighted by Crippen LogP contribution is 2.21. The van der Waals surface area contributed by atoms with Crippen LogP contribution in [0.15, 0.2) is 23.1 Å². The fourth-order valence-corrected chi connectivity index (χ4v) is 6.16. The van der Waals surface area contributed by atoms with Crippen molar-refractivity contribution in [1.82, 2.24) is 13.9 Å². The molecule has 1 aromatic rings. The molecular weight excluding hydrogens is 362 g/mol. The van der Waals surface area contributed by atoms with Crippen LogP contribution in [0, 0.1) is 13.8 Å². The molecule has 9 heteroatoms. The Balaban J connectivity index is 2.17. The number of piperazine rings is 1. The number of rotatable bonds is 7. The highest BCUT2D eigenvalue weighted by molar-refractivity contribution is 7.90. The number of sulfonamides is 2. The number of hydrogen-bond donors (Lipinski definition) is 1. The molecule has 0 bridgehead atoms. The second kappa shape index (κ2) is 8.13. The molecule has 25 heavy (non-hydrogen) atoms. The molecule has 0 saturated carbocycles. The number of benzene rings is 1. The summed E-state index contributed by atoms with van der Waals surface area (Å²) in [6, 6.07) is 5.27. The minimum Gasteiger partial charge on any atom is -0.314 e. The van der Waals surface area contributed by atoms with Gasteiger partial charge in [0, 0.05) is 39.3 Å². The second-order valence-electron chi connectivity index (χ2n) is 6.23. The first-order valence-electron chi connectivity index (χ1n) is 8.44. The molecule has 0 aliphatic carbocycles. The van der Waals surface area contributed by atoms with Crippen molar-refractivity contribution in [3.8, 4) is 0 Å². The lowest BCUT2D eigenvalue weighted by Gasteiger charge is -2.28. The van der Waals surface area contributed by atoms with E-state index in [2.05, 4.69) is 5.32 Å². The summed E-state index contributed by atoms with van der Waals surface area (Å²) in [4.78, 5) is 0.244. The molecule has 0 unspecified atom stereocenters. The van der Waals surface area contributed by atoms with Crippen LogP contribution in [0.2, 0.25) is 0 Å². The number of aryl methyl sites for hydroxylation is 2. The van der Waals surface area contributed by atoms with Crippen LogP contribution in [-0.2, 0) is 20.0 Å². The third kappa shape index (κ3) is 4.79. The van der Waals surface area contributed by atoms with Crippen LogP contribution in [0.25, 0.3) is 0 Å². The lowest BCUT2D eigenvalue weighted by molar-refractivity contribution is 0.357. The van der Waals surface area contributed by atoms with Crippen LogP contribution >= 0.6 is 0 Å². The van der Waals surface area contributed by atoms with Gasteiger partial charge in [0.1, 0.15) is 0 Å². The standard InChI is InChI=1S/C16H27N3O4S2/c1-4-18(11-12-24(20,21)19-9-7-17-8-10-19)25(22,23)16-13-14(2)5-6-15(16)3/h5-6,13,17H,4,7-12H2,1-3H3. The monoisotopic (exact) mass is 389 g/mol. The van der Waals surface area contributed by atoms with Gasteiger partial charge in [-0.25, -0.2) is 16.8 Å². The number of nitrogens with one attached hydrogen (secondary N) is 1. The summed E-state index contributed by atoms with van der Waals surface area (Å²) < 4.78 is 53.5. The molecule has 1 aliphatic rings. The van der Waals surface area contributed by atoms with Gasteiger partial charge in [-0.2, -0.15) is 8.61 Å². The zero-order valence-electron chi connectivity index (χ0n) is 15.0. The molecule has 7 nitrogen and oxygen atoms in total. The Hall–Kier alpha value is -1.00. The van der Waals surface area contributed by atoms with Crippen molar-refractivity contribution in [3.63, 3.8) is 0 Å². The van der Waals surface area contributed by atoms with E-state index in [9.17, 15) is 16.8 Å². The predicted octanol–water partition coefficient (Wildman–Crippen LogP) is 0.549. The minimum absolute atomic E-state index is 0.0432. The minimum atomic E-state index is -3.72. The van der Waals surface area contributed by atoms with Crippen LogP contribution < -0.4 is 5.32 Å². The normalized spacial score (nSPS) is 17.1. The molecule has 1 heterocycles. The largest absolute Gasteiger partial charge is 0.314 e. The summed E-state index contributed by atoms with van der Waals surface area (Å²) in [5, 5.41) is 3.11. The topological polar surface area (TPSA) is 86.8 Å². The van der Waals surface area contributed by atoms with E-state index in [-0.39, 0.29) is 23.7 Å². The van der Waals surface area contributed by atoms with E-state index in [1.165, 1.54) is 8.61 Å². The molecule has 0 amide bonds. The van der Waals surface area contributed by atoms with E-state index in [1.807, 2.05) is 13.0 Å². The zero-order chi connectivity index (χ0) is 18.7. The Morgan fingerprint density at radius 3 is 2.36 bits per heavy atom. The van der Waals surface area contributed by atoms with Crippen LogP contribution in [0.1, 0.15) is 18.1 Å². The summed E-state index contributed by atoms with van der Waals surface area (Å²) in [7, 11) is -7.18. The highest BCUT2D eigenvalue weighted by atomic mass is 32.2. The molecule has 1 fully saturated rings. The molecule has 0 aromatic heterocycles. The number of nitrogens with zero attached hydrogens (tertiary/aromatic N) is 2. The van der Waals surface area contributed by atoms with Crippen molar-refractivity contribution < 1.29 is 16.8 Å². The summed E-state index contributed by atoms with van der Waals surface area (Å²) in [5.74, 6) is -0.203. The predicted molar refractivity (Wildman–Crippen MR) is 98.6 cm³/mol. The maximum absolute atomic E-state index is 12.9. The first kappa shape index (κ1) is 20.3. The summed E-state index contributed by atoms with van der Waals surface area (Å²) in [5.41, 5.74) is 1.52. The van der Waals surface area contributed by atoms with Crippen LogP contribution in [-0.4, -0.2) is 70.5 Å². The van der Waals surface area contributed by atoms with Gasteiger partial charge >= 0.3 is 0 Å². The van der Waals surface area contributed by atoms with E-state index in [1.54, 1.807) is 26.0 Å². The van der Waals surface area contributed by atoms with Gasteiger partial charge in [-0.05, 0) is 31.0 Å². The van der Waals surface area contributed by atoms with Crippen molar-refractivity contribution >= 4 is 20.0 Å². The smallest absolute Gasteiger partial charge is 0.243 e. The maximum atomic E-state index is 12.9. The van der Waals surface area contributed by atoms with Crippen molar-refractivity contribution in [3.05, 3.63) is 29.3 Å². The lowest BCUT2D eigenvalue weighted by Crippen LogP contribution is -2.48. The van der Waals surface area contributed by atoms with Gasteiger partial charge < -0.3 is 5.32 Å². The lowest BCUT2D eigenvalue weighted by atomic mass is 10.2. The molecular formula is C16H27N3O4S2. The van der Waals surface area contributed by atoms with E-state index in [0.717, 1.165) is 5.56 Å². The molecule has 0 spiro atoms. The SMILES string of the molecule is CCN(CCS(=O)(=O)N1CCNCC1)S(=O)(=O)c1cc(C)ccc1C. The van der Waals surface area contributed by atoms with Crippen molar-refractivity contribution in [1.29, 1.82) is 0 Å². The third-order valence-electron chi connectivity index (χ3n) is 4.38. The molecule has 0 radical (unpaired) electrons. The first-order chi connectivity index (χ1) is 11.7. The fraction of sp³-hybridized carbons (Fsp3) is 0.625. The van der Waals surface area contributed by atoms with Crippen molar-refractivity contribution in [2.75, 3.05) is 45.0 Å². The fourth-order valence-electron chi connectivity index (χ4n) is 2.84. The average molecular weight is 390 g/mol. The van der Waals surface area contributed by atoms with Crippen molar-refractivity contribution in [2.45, 2.75) is 25.7 Å². The maximum Gasteiger partial charge on any atom is 0.243 e. The molecule has 0 atom stereocenters. The first-order valence-corrected chi connectivity index (χ1v) is 11.5. The Bertz CT molecular complexity index is 801. The van der Waals surface area contributed by atoms with Gasteiger partial charge in [-0.15, -0.1) is 0 Å². The van der Waals surface area contributed by atoms with Gasteiger partial charge in [0.2, 0.25) is 20.0 Å². The van der Waals surface area contributed by atoms with E-state index >= 15 is 0 Å². The van der Waals surface area contributed by atoms with Gasteiger partial charge in [0.15, 0.2) is 0 Å². The Labute approximate surface area is 151 Å². The van der Waals surface area contributed by atoms with Gasteiger partial charge in [-0.3, -0.25) is 0 Å².